The first-order chi connectivity index (χ1) is 5.27. The summed E-state index contributed by atoms with van der Waals surface area (Å²) in [6, 6.07) is 0. The van der Waals surface area contributed by atoms with E-state index in [0.717, 1.165) is 6.42 Å². The van der Waals surface area contributed by atoms with Crippen LogP contribution in [0.2, 0.25) is 0 Å². The Morgan fingerprint density at radius 1 is 1.64 bits per heavy atom. The van der Waals surface area contributed by atoms with Crippen molar-refractivity contribution in [2.75, 3.05) is 33.1 Å². The van der Waals surface area contributed by atoms with Crippen molar-refractivity contribution >= 4 is 0 Å². The van der Waals surface area contributed by atoms with Crippen molar-refractivity contribution in [1.82, 2.24) is 0 Å². The molecule has 0 bridgehead atoms. The summed E-state index contributed by atoms with van der Waals surface area (Å²) in [5.41, 5.74) is 5.46. The molecule has 0 spiro atoms. The third-order valence-electron chi connectivity index (χ3n) is 1.74. The van der Waals surface area contributed by atoms with E-state index in [1.165, 1.54) is 0 Å². The molecule has 1 rings (SSSR count). The highest BCUT2D eigenvalue weighted by molar-refractivity contribution is 4.87. The van der Waals surface area contributed by atoms with Crippen molar-refractivity contribution in [3.63, 3.8) is 0 Å². The van der Waals surface area contributed by atoms with Gasteiger partial charge in [0.25, 0.3) is 0 Å². The molecule has 0 aromatic heterocycles. The van der Waals surface area contributed by atoms with Gasteiger partial charge in [0, 0.05) is 6.61 Å². The van der Waals surface area contributed by atoms with E-state index in [0.29, 0.717) is 19.8 Å². The van der Waals surface area contributed by atoms with Crippen LogP contribution in [0.4, 0.5) is 4.39 Å². The van der Waals surface area contributed by atoms with Crippen LogP contribution in [-0.4, -0.2) is 38.6 Å². The largest absolute Gasteiger partial charge is 0.379 e. The van der Waals surface area contributed by atoms with Gasteiger partial charge in [-0.2, -0.15) is 0 Å². The summed E-state index contributed by atoms with van der Waals surface area (Å²) < 4.78 is 21.7. The first-order valence-electron chi connectivity index (χ1n) is 3.77. The van der Waals surface area contributed by atoms with Crippen LogP contribution in [0.5, 0.6) is 0 Å². The SMILES string of the molecule is NC1(COCCF)CCOC1. The van der Waals surface area contributed by atoms with Gasteiger partial charge in [0.2, 0.25) is 0 Å². The second-order valence-electron chi connectivity index (χ2n) is 2.91. The molecule has 0 amide bonds. The molecule has 0 radical (unpaired) electrons. The second-order valence-corrected chi connectivity index (χ2v) is 2.91. The normalized spacial score (nSPS) is 31.1. The fourth-order valence-electron chi connectivity index (χ4n) is 1.07. The van der Waals surface area contributed by atoms with E-state index in [-0.39, 0.29) is 12.1 Å². The van der Waals surface area contributed by atoms with Crippen LogP contribution < -0.4 is 5.73 Å². The van der Waals surface area contributed by atoms with Crippen LogP contribution in [0.15, 0.2) is 0 Å². The minimum Gasteiger partial charge on any atom is -0.379 e. The molecule has 0 aromatic carbocycles. The number of halogens is 1. The van der Waals surface area contributed by atoms with Gasteiger partial charge in [-0.3, -0.25) is 0 Å². The van der Waals surface area contributed by atoms with E-state index in [2.05, 4.69) is 0 Å². The average Bonchev–Trinajstić information content (AvgIpc) is 2.38. The lowest BCUT2D eigenvalue weighted by Crippen LogP contribution is -2.45. The van der Waals surface area contributed by atoms with Crippen LogP contribution in [0.3, 0.4) is 0 Å². The first-order valence-corrected chi connectivity index (χ1v) is 3.77. The van der Waals surface area contributed by atoms with Crippen LogP contribution in [0.25, 0.3) is 0 Å². The standard InChI is InChI=1S/C7H14FNO2/c8-2-4-11-6-7(9)1-3-10-5-7/h1-6,9H2. The fourth-order valence-corrected chi connectivity index (χ4v) is 1.07. The molecular formula is C7H14FNO2. The van der Waals surface area contributed by atoms with E-state index in [4.69, 9.17) is 15.2 Å². The van der Waals surface area contributed by atoms with Crippen LogP contribution in [-0.2, 0) is 9.47 Å². The lowest BCUT2D eigenvalue weighted by atomic mass is 10.0. The van der Waals surface area contributed by atoms with Gasteiger partial charge in [0.1, 0.15) is 6.67 Å². The number of alkyl halides is 1. The van der Waals surface area contributed by atoms with Gasteiger partial charge < -0.3 is 15.2 Å². The average molecular weight is 163 g/mol. The minimum absolute atomic E-state index is 0.138. The van der Waals surface area contributed by atoms with Gasteiger partial charge in [0.15, 0.2) is 0 Å². The highest BCUT2D eigenvalue weighted by atomic mass is 19.1. The van der Waals surface area contributed by atoms with Crippen molar-refractivity contribution in [2.45, 2.75) is 12.0 Å². The zero-order valence-electron chi connectivity index (χ0n) is 6.51. The third-order valence-corrected chi connectivity index (χ3v) is 1.74. The van der Waals surface area contributed by atoms with Crippen molar-refractivity contribution in [3.05, 3.63) is 0 Å². The summed E-state index contributed by atoms with van der Waals surface area (Å²) in [4.78, 5) is 0. The number of rotatable bonds is 4. The molecule has 1 aliphatic heterocycles. The highest BCUT2D eigenvalue weighted by Gasteiger charge is 2.30. The maximum Gasteiger partial charge on any atom is 0.113 e. The van der Waals surface area contributed by atoms with Gasteiger partial charge in [-0.25, -0.2) is 4.39 Å². The quantitative estimate of drug-likeness (QED) is 0.597. The Morgan fingerprint density at radius 3 is 3.00 bits per heavy atom. The molecule has 1 aliphatic rings. The highest BCUT2D eigenvalue weighted by Crippen LogP contribution is 2.15. The molecule has 1 saturated heterocycles. The first kappa shape index (κ1) is 8.90. The van der Waals surface area contributed by atoms with Crippen LogP contribution >= 0.6 is 0 Å². The van der Waals surface area contributed by atoms with Crippen LogP contribution in [0.1, 0.15) is 6.42 Å². The van der Waals surface area contributed by atoms with Crippen molar-refractivity contribution in [2.24, 2.45) is 5.73 Å². The molecule has 0 aromatic rings. The van der Waals surface area contributed by atoms with Crippen molar-refractivity contribution in [3.8, 4) is 0 Å². The van der Waals surface area contributed by atoms with Gasteiger partial charge in [-0.05, 0) is 6.42 Å². The second kappa shape index (κ2) is 3.99. The predicted octanol–water partition coefficient (Wildman–Crippen LogP) is 0.0903. The lowest BCUT2D eigenvalue weighted by Gasteiger charge is -2.20. The van der Waals surface area contributed by atoms with E-state index in [9.17, 15) is 4.39 Å². The summed E-state index contributed by atoms with van der Waals surface area (Å²) in [6.45, 7) is 1.31. The molecule has 4 heteroatoms. The Hall–Kier alpha value is -0.190. The smallest absolute Gasteiger partial charge is 0.113 e. The van der Waals surface area contributed by atoms with Gasteiger partial charge in [-0.15, -0.1) is 0 Å². The molecule has 0 aliphatic carbocycles. The molecule has 1 fully saturated rings. The maximum absolute atomic E-state index is 11.6. The summed E-state index contributed by atoms with van der Waals surface area (Å²) in [5, 5.41) is 0. The Morgan fingerprint density at radius 2 is 2.45 bits per heavy atom. The molecule has 2 N–H and O–H groups in total. The molecule has 66 valence electrons. The fraction of sp³-hybridized carbons (Fsp3) is 1.00. The minimum atomic E-state index is -0.447. The van der Waals surface area contributed by atoms with Crippen molar-refractivity contribution in [1.29, 1.82) is 0 Å². The Kier molecular flexibility index (Phi) is 3.23. The number of hydrogen-bond donors (Lipinski definition) is 1. The molecule has 1 heterocycles. The summed E-state index contributed by atoms with van der Waals surface area (Å²) in [6.07, 6.45) is 0.805. The zero-order valence-corrected chi connectivity index (χ0v) is 6.51. The number of ether oxygens (including phenoxy) is 2. The molecular weight excluding hydrogens is 149 g/mol. The molecule has 1 unspecified atom stereocenters. The van der Waals surface area contributed by atoms with E-state index in [1.54, 1.807) is 0 Å². The van der Waals surface area contributed by atoms with Gasteiger partial charge in [-0.1, -0.05) is 0 Å². The lowest BCUT2D eigenvalue weighted by molar-refractivity contribution is 0.0668. The monoisotopic (exact) mass is 163 g/mol. The Bertz CT molecular complexity index is 115. The molecule has 1 atom stereocenters. The summed E-state index contributed by atoms with van der Waals surface area (Å²) in [7, 11) is 0. The van der Waals surface area contributed by atoms with E-state index < -0.39 is 6.67 Å². The topological polar surface area (TPSA) is 44.5 Å². The Balaban J connectivity index is 2.13. The zero-order chi connectivity index (χ0) is 8.16. The molecule has 3 nitrogen and oxygen atoms in total. The van der Waals surface area contributed by atoms with Gasteiger partial charge >= 0.3 is 0 Å². The van der Waals surface area contributed by atoms with Gasteiger partial charge in [0.05, 0.1) is 25.4 Å². The molecule has 0 saturated carbocycles. The number of hydrogen-bond acceptors (Lipinski definition) is 3. The Labute approximate surface area is 65.7 Å². The van der Waals surface area contributed by atoms with E-state index >= 15 is 0 Å². The predicted molar refractivity (Wildman–Crippen MR) is 39.1 cm³/mol. The summed E-state index contributed by atoms with van der Waals surface area (Å²) >= 11 is 0. The van der Waals surface area contributed by atoms with Crippen molar-refractivity contribution < 1.29 is 13.9 Å². The third kappa shape index (κ3) is 2.73. The molecule has 11 heavy (non-hydrogen) atoms. The number of nitrogens with two attached hydrogens (primary N) is 1. The van der Waals surface area contributed by atoms with E-state index in [1.807, 2.05) is 0 Å². The maximum atomic E-state index is 11.6. The van der Waals surface area contributed by atoms with Crippen LogP contribution in [0, 0.1) is 0 Å². The summed E-state index contributed by atoms with van der Waals surface area (Å²) in [5.74, 6) is 0.